The van der Waals surface area contributed by atoms with Crippen molar-refractivity contribution in [2.24, 2.45) is 0 Å². The van der Waals surface area contributed by atoms with E-state index in [4.69, 9.17) is 4.98 Å². The van der Waals surface area contributed by atoms with Gasteiger partial charge in [0.05, 0.1) is 16.7 Å². The predicted molar refractivity (Wildman–Crippen MR) is 131 cm³/mol. The van der Waals surface area contributed by atoms with Gasteiger partial charge in [-0.3, -0.25) is 4.57 Å². The highest BCUT2D eigenvalue weighted by Crippen LogP contribution is 2.35. The molecular weight excluding hydrogens is 395 g/mol. The maximum atomic E-state index is 9.88. The van der Waals surface area contributed by atoms with E-state index in [1.807, 2.05) is 54.6 Å². The Morgan fingerprint density at radius 3 is 2.22 bits per heavy atom. The minimum absolute atomic E-state index is 0.483. The van der Waals surface area contributed by atoms with Gasteiger partial charge < -0.3 is 10.0 Å². The van der Waals surface area contributed by atoms with Gasteiger partial charge in [0.2, 0.25) is 0 Å². The fourth-order valence-corrected chi connectivity index (χ4v) is 4.61. The Kier molecular flexibility index (Phi) is 4.32. The third-order valence-corrected chi connectivity index (χ3v) is 6.04. The summed E-state index contributed by atoms with van der Waals surface area (Å²) in [6.45, 7) is 0. The first-order chi connectivity index (χ1) is 15.7. The summed E-state index contributed by atoms with van der Waals surface area (Å²) in [6.07, 6.45) is 0. The van der Waals surface area contributed by atoms with E-state index in [1.54, 1.807) is 6.07 Å². The highest BCUT2D eigenvalue weighted by molar-refractivity contribution is 6.62. The molecule has 4 nitrogen and oxygen atoms in total. The number of hydrogen-bond donors (Lipinski definition) is 2. The number of benzene rings is 5. The standard InChI is InChI=1S/C27H19BN2O2/c31-28(32)23-14-7-11-20-21(23)12-6-13-22(20)27-29-24-15-3-4-16-26(24)30(27)25-17-5-9-18-8-1-2-10-19(18)25/h1-17,31-32H. The zero-order valence-electron chi connectivity index (χ0n) is 17.2. The van der Waals surface area contributed by atoms with Crippen LogP contribution in [0.4, 0.5) is 0 Å². The van der Waals surface area contributed by atoms with E-state index in [0.717, 1.165) is 49.7 Å². The molecule has 0 aliphatic rings. The van der Waals surface area contributed by atoms with E-state index in [9.17, 15) is 10.0 Å². The van der Waals surface area contributed by atoms with Crippen LogP contribution in [0.5, 0.6) is 0 Å². The summed E-state index contributed by atoms with van der Waals surface area (Å²) in [6, 6.07) is 34.3. The summed E-state index contributed by atoms with van der Waals surface area (Å²) >= 11 is 0. The molecule has 0 atom stereocenters. The molecule has 2 N–H and O–H groups in total. The molecule has 0 fully saturated rings. The molecule has 1 heterocycles. The van der Waals surface area contributed by atoms with Crippen molar-refractivity contribution < 1.29 is 10.0 Å². The number of hydrogen-bond acceptors (Lipinski definition) is 3. The van der Waals surface area contributed by atoms with Crippen LogP contribution in [0.3, 0.4) is 0 Å². The average Bonchev–Trinajstić information content (AvgIpc) is 3.22. The fraction of sp³-hybridized carbons (Fsp3) is 0. The maximum absolute atomic E-state index is 9.88. The largest absolute Gasteiger partial charge is 0.489 e. The van der Waals surface area contributed by atoms with E-state index in [0.29, 0.717) is 5.46 Å². The summed E-state index contributed by atoms with van der Waals surface area (Å²) < 4.78 is 2.20. The molecule has 0 amide bonds. The van der Waals surface area contributed by atoms with Gasteiger partial charge in [-0.25, -0.2) is 4.98 Å². The summed E-state index contributed by atoms with van der Waals surface area (Å²) in [5.41, 5.74) is 4.41. The van der Waals surface area contributed by atoms with Gasteiger partial charge in [-0.2, -0.15) is 0 Å². The van der Waals surface area contributed by atoms with Crippen molar-refractivity contribution in [2.45, 2.75) is 0 Å². The van der Waals surface area contributed by atoms with E-state index in [1.165, 1.54) is 0 Å². The van der Waals surface area contributed by atoms with E-state index >= 15 is 0 Å². The Hall–Kier alpha value is -3.93. The third-order valence-electron chi connectivity index (χ3n) is 6.04. The number of fused-ring (bicyclic) bond motifs is 3. The molecule has 1 aromatic heterocycles. The lowest BCUT2D eigenvalue weighted by molar-refractivity contribution is 0.426. The number of para-hydroxylation sites is 2. The molecule has 0 saturated carbocycles. The minimum atomic E-state index is -1.54. The van der Waals surface area contributed by atoms with Gasteiger partial charge in [0.1, 0.15) is 5.82 Å². The lowest BCUT2D eigenvalue weighted by Gasteiger charge is -2.15. The zero-order valence-corrected chi connectivity index (χ0v) is 17.2. The first-order valence-electron chi connectivity index (χ1n) is 10.6. The van der Waals surface area contributed by atoms with Crippen LogP contribution in [0.1, 0.15) is 0 Å². The molecule has 0 aliphatic heterocycles. The molecule has 5 heteroatoms. The van der Waals surface area contributed by atoms with Crippen molar-refractivity contribution >= 4 is 45.2 Å². The molecule has 0 bridgehead atoms. The number of nitrogens with zero attached hydrogens (tertiary/aromatic N) is 2. The molecule has 6 rings (SSSR count). The van der Waals surface area contributed by atoms with Crippen molar-refractivity contribution in [3.63, 3.8) is 0 Å². The molecule has 32 heavy (non-hydrogen) atoms. The van der Waals surface area contributed by atoms with Crippen LogP contribution in [-0.4, -0.2) is 26.7 Å². The first kappa shape index (κ1) is 18.8. The van der Waals surface area contributed by atoms with E-state index in [-0.39, 0.29) is 0 Å². The molecule has 152 valence electrons. The molecule has 6 aromatic rings. The van der Waals surface area contributed by atoms with Gasteiger partial charge in [-0.1, -0.05) is 84.9 Å². The summed E-state index contributed by atoms with van der Waals surface area (Å²) in [7, 11) is -1.54. The van der Waals surface area contributed by atoms with Crippen LogP contribution in [0.2, 0.25) is 0 Å². The van der Waals surface area contributed by atoms with Crippen molar-refractivity contribution in [3.05, 3.63) is 103 Å². The highest BCUT2D eigenvalue weighted by Gasteiger charge is 2.20. The second-order valence-corrected chi connectivity index (χ2v) is 7.88. The van der Waals surface area contributed by atoms with Crippen LogP contribution in [0, 0.1) is 0 Å². The summed E-state index contributed by atoms with van der Waals surface area (Å²) in [5.74, 6) is 0.817. The number of imidazole rings is 1. The van der Waals surface area contributed by atoms with Gasteiger partial charge in [0.15, 0.2) is 0 Å². The average molecular weight is 414 g/mol. The molecule has 0 spiro atoms. The lowest BCUT2D eigenvalue weighted by Crippen LogP contribution is -2.30. The Balaban J connectivity index is 1.74. The molecular formula is C27H19BN2O2. The molecule has 5 aromatic carbocycles. The molecule has 0 aliphatic carbocycles. The second kappa shape index (κ2) is 7.34. The Morgan fingerprint density at radius 1 is 0.625 bits per heavy atom. The number of aromatic nitrogens is 2. The van der Waals surface area contributed by atoms with Crippen LogP contribution in [0.15, 0.2) is 103 Å². The van der Waals surface area contributed by atoms with Crippen LogP contribution < -0.4 is 5.46 Å². The molecule has 0 saturated heterocycles. The van der Waals surface area contributed by atoms with Crippen LogP contribution in [0.25, 0.3) is 49.7 Å². The zero-order chi connectivity index (χ0) is 21.7. The van der Waals surface area contributed by atoms with Crippen LogP contribution >= 0.6 is 0 Å². The highest BCUT2D eigenvalue weighted by atomic mass is 16.4. The third kappa shape index (κ3) is 2.83. The first-order valence-corrected chi connectivity index (χ1v) is 10.6. The number of rotatable bonds is 3. The summed E-state index contributed by atoms with van der Waals surface area (Å²) in [4.78, 5) is 5.03. The Morgan fingerprint density at radius 2 is 1.31 bits per heavy atom. The van der Waals surface area contributed by atoms with Gasteiger partial charge in [0.25, 0.3) is 0 Å². The SMILES string of the molecule is OB(O)c1cccc2c(-c3nc4ccccc4n3-c3cccc4ccccc34)cccc12. The smallest absolute Gasteiger partial charge is 0.423 e. The topological polar surface area (TPSA) is 58.3 Å². The predicted octanol–water partition coefficient (Wildman–Crippen LogP) is 4.68. The van der Waals surface area contributed by atoms with E-state index in [2.05, 4.69) is 47.0 Å². The monoisotopic (exact) mass is 414 g/mol. The quantitative estimate of drug-likeness (QED) is 0.414. The molecule has 0 unspecified atom stereocenters. The molecule has 0 radical (unpaired) electrons. The van der Waals surface area contributed by atoms with E-state index < -0.39 is 7.12 Å². The fourth-order valence-electron chi connectivity index (χ4n) is 4.61. The minimum Gasteiger partial charge on any atom is -0.423 e. The second-order valence-electron chi connectivity index (χ2n) is 7.88. The summed E-state index contributed by atoms with van der Waals surface area (Å²) in [5, 5.41) is 23.8. The van der Waals surface area contributed by atoms with Gasteiger partial charge in [-0.05, 0) is 39.8 Å². The van der Waals surface area contributed by atoms with Gasteiger partial charge in [0, 0.05) is 10.9 Å². The van der Waals surface area contributed by atoms with Crippen LogP contribution in [-0.2, 0) is 0 Å². The van der Waals surface area contributed by atoms with Crippen molar-refractivity contribution in [2.75, 3.05) is 0 Å². The van der Waals surface area contributed by atoms with Gasteiger partial charge >= 0.3 is 7.12 Å². The normalized spacial score (nSPS) is 11.4. The Labute approximate surface area is 185 Å². The lowest BCUT2D eigenvalue weighted by atomic mass is 9.76. The van der Waals surface area contributed by atoms with Crippen molar-refractivity contribution in [1.82, 2.24) is 9.55 Å². The van der Waals surface area contributed by atoms with Gasteiger partial charge in [-0.15, -0.1) is 0 Å². The van der Waals surface area contributed by atoms with Crippen molar-refractivity contribution in [3.8, 4) is 17.1 Å². The van der Waals surface area contributed by atoms with Crippen molar-refractivity contribution in [1.29, 1.82) is 0 Å². The Bertz CT molecular complexity index is 1620. The maximum Gasteiger partial charge on any atom is 0.489 e.